The van der Waals surface area contributed by atoms with E-state index in [0.717, 1.165) is 50.6 Å². The number of rotatable bonds is 14. The Bertz CT molecular complexity index is 1060. The first-order chi connectivity index (χ1) is 16.9. The quantitative estimate of drug-likeness (QED) is 0.252. The number of aryl methyl sites for hydroxylation is 2. The highest BCUT2D eigenvalue weighted by atomic mass is 14.7. The first-order valence-electron chi connectivity index (χ1n) is 13.3. The Kier molecular flexibility index (Phi) is 12.2. The van der Waals surface area contributed by atoms with Gasteiger partial charge in [-0.3, -0.25) is 4.98 Å². The van der Waals surface area contributed by atoms with Crippen LogP contribution in [0.3, 0.4) is 0 Å². The van der Waals surface area contributed by atoms with Crippen LogP contribution in [0, 0.1) is 6.92 Å². The Morgan fingerprint density at radius 1 is 1.09 bits per heavy atom. The molecule has 1 aromatic heterocycles. The Morgan fingerprint density at radius 2 is 1.89 bits per heavy atom. The Hall–Kier alpha value is -2.93. The van der Waals surface area contributed by atoms with E-state index in [-0.39, 0.29) is 0 Å². The first kappa shape index (κ1) is 28.3. The molecule has 0 spiro atoms. The van der Waals surface area contributed by atoms with Crippen LogP contribution in [0.15, 0.2) is 85.5 Å². The van der Waals surface area contributed by atoms with Crippen molar-refractivity contribution in [3.8, 4) is 0 Å². The lowest BCUT2D eigenvalue weighted by molar-refractivity contribution is 0.657. The van der Waals surface area contributed by atoms with Crippen molar-refractivity contribution < 1.29 is 0 Å². The minimum absolute atomic E-state index is 0.355. The van der Waals surface area contributed by atoms with E-state index in [1.807, 2.05) is 12.2 Å². The number of hydrogen-bond donors (Lipinski definition) is 0. The highest BCUT2D eigenvalue weighted by molar-refractivity contribution is 5.69. The summed E-state index contributed by atoms with van der Waals surface area (Å²) in [6, 6.07) is 13.4. The third kappa shape index (κ3) is 8.98. The molecule has 0 aliphatic carbocycles. The monoisotopic (exact) mass is 467 g/mol. The standard InChI is InChI=1S/C34H45N/c1-8-12-17-29(11-4)21-19-27(6)32-23-24-33(31(14-9-2)15-10-3)35-34(32)28(7)20-22-30-18-13-16-26(5)25-30/h8,11-14,16-18,23-25,28H,1,6,9-10,15,19-22H2,2-5,7H3/b17-12-,29-11+,31-14+. The molecule has 1 atom stereocenters. The number of pyridine rings is 1. The molecular formula is C34H45N. The maximum atomic E-state index is 5.29. The van der Waals surface area contributed by atoms with E-state index in [9.17, 15) is 0 Å². The van der Waals surface area contributed by atoms with Gasteiger partial charge in [0.1, 0.15) is 0 Å². The van der Waals surface area contributed by atoms with Crippen molar-refractivity contribution in [1.29, 1.82) is 0 Å². The lowest BCUT2D eigenvalue weighted by Crippen LogP contribution is -2.07. The molecule has 0 N–H and O–H groups in total. The molecule has 1 aromatic carbocycles. The molecule has 0 saturated heterocycles. The summed E-state index contributed by atoms with van der Waals surface area (Å²) in [7, 11) is 0. The van der Waals surface area contributed by atoms with Gasteiger partial charge < -0.3 is 0 Å². The van der Waals surface area contributed by atoms with Crippen molar-refractivity contribution in [3.63, 3.8) is 0 Å². The van der Waals surface area contributed by atoms with Crippen LogP contribution < -0.4 is 0 Å². The first-order valence-corrected chi connectivity index (χ1v) is 13.3. The molecule has 0 radical (unpaired) electrons. The van der Waals surface area contributed by atoms with Crippen LogP contribution in [0.1, 0.15) is 100 Å². The maximum Gasteiger partial charge on any atom is 0.0662 e. The van der Waals surface area contributed by atoms with E-state index < -0.39 is 0 Å². The maximum absolute atomic E-state index is 5.29. The van der Waals surface area contributed by atoms with Crippen molar-refractivity contribution in [3.05, 3.63) is 114 Å². The number of aromatic nitrogens is 1. The Morgan fingerprint density at radius 3 is 2.54 bits per heavy atom. The van der Waals surface area contributed by atoms with Crippen molar-refractivity contribution in [2.75, 3.05) is 0 Å². The molecule has 2 aromatic rings. The largest absolute Gasteiger partial charge is 0.252 e. The third-order valence-corrected chi connectivity index (χ3v) is 6.55. The van der Waals surface area contributed by atoms with E-state index in [1.54, 1.807) is 0 Å². The second-order valence-electron chi connectivity index (χ2n) is 9.51. The Labute approximate surface area is 215 Å². The van der Waals surface area contributed by atoms with Gasteiger partial charge in [0.2, 0.25) is 0 Å². The second-order valence-corrected chi connectivity index (χ2v) is 9.51. The van der Waals surface area contributed by atoms with Crippen LogP contribution in [-0.4, -0.2) is 4.98 Å². The molecule has 0 aliphatic rings. The Balaban J connectivity index is 2.34. The third-order valence-electron chi connectivity index (χ3n) is 6.55. The molecule has 1 unspecified atom stereocenters. The predicted molar refractivity (Wildman–Crippen MR) is 157 cm³/mol. The van der Waals surface area contributed by atoms with Crippen molar-refractivity contribution in [1.82, 2.24) is 4.98 Å². The van der Waals surface area contributed by atoms with Gasteiger partial charge in [-0.25, -0.2) is 0 Å². The summed E-state index contributed by atoms with van der Waals surface area (Å²) in [5.74, 6) is 0.355. The van der Waals surface area contributed by atoms with Crippen LogP contribution >= 0.6 is 0 Å². The zero-order valence-corrected chi connectivity index (χ0v) is 22.7. The van der Waals surface area contributed by atoms with Crippen LogP contribution in [0.5, 0.6) is 0 Å². The number of nitrogens with zero attached hydrogens (tertiary/aromatic N) is 1. The van der Waals surface area contributed by atoms with Crippen molar-refractivity contribution in [2.45, 2.75) is 85.5 Å². The summed E-state index contributed by atoms with van der Waals surface area (Å²) in [6.07, 6.45) is 17.7. The smallest absolute Gasteiger partial charge is 0.0662 e. The van der Waals surface area contributed by atoms with Crippen LogP contribution in [0.4, 0.5) is 0 Å². The molecule has 1 heterocycles. The van der Waals surface area contributed by atoms with Gasteiger partial charge in [-0.05, 0) is 86.6 Å². The average Bonchev–Trinajstić information content (AvgIpc) is 2.86. The summed E-state index contributed by atoms with van der Waals surface area (Å²) in [5.41, 5.74) is 10.1. The molecule has 1 heteroatoms. The summed E-state index contributed by atoms with van der Waals surface area (Å²) in [6.45, 7) is 19.3. The number of hydrogen-bond acceptors (Lipinski definition) is 1. The highest BCUT2D eigenvalue weighted by Gasteiger charge is 2.17. The van der Waals surface area contributed by atoms with Crippen LogP contribution in [0.25, 0.3) is 11.1 Å². The molecule has 186 valence electrons. The highest BCUT2D eigenvalue weighted by Crippen LogP contribution is 2.32. The summed E-state index contributed by atoms with van der Waals surface area (Å²) in [5, 5.41) is 0. The zero-order chi connectivity index (χ0) is 25.6. The predicted octanol–water partition coefficient (Wildman–Crippen LogP) is 10.2. The summed E-state index contributed by atoms with van der Waals surface area (Å²) < 4.78 is 0. The fraction of sp³-hybridized carbons (Fsp3) is 0.382. The van der Waals surface area contributed by atoms with E-state index in [4.69, 9.17) is 4.98 Å². The minimum atomic E-state index is 0.355. The average molecular weight is 468 g/mol. The molecule has 35 heavy (non-hydrogen) atoms. The fourth-order valence-electron chi connectivity index (χ4n) is 4.51. The van der Waals surface area contributed by atoms with Crippen LogP contribution in [0.2, 0.25) is 0 Å². The van der Waals surface area contributed by atoms with E-state index in [1.165, 1.54) is 39.1 Å². The van der Waals surface area contributed by atoms with E-state index in [2.05, 4.69) is 102 Å². The number of allylic oxidation sites excluding steroid dienone is 8. The summed E-state index contributed by atoms with van der Waals surface area (Å²) >= 11 is 0. The normalized spacial score (nSPS) is 13.3. The molecule has 1 nitrogen and oxygen atoms in total. The van der Waals surface area contributed by atoms with Gasteiger partial charge in [-0.15, -0.1) is 0 Å². The number of benzene rings is 1. The van der Waals surface area contributed by atoms with Crippen molar-refractivity contribution >= 4 is 11.1 Å². The van der Waals surface area contributed by atoms with Crippen LogP contribution in [-0.2, 0) is 6.42 Å². The molecule has 0 fully saturated rings. The van der Waals surface area contributed by atoms with E-state index >= 15 is 0 Å². The fourth-order valence-corrected chi connectivity index (χ4v) is 4.51. The lowest BCUT2D eigenvalue weighted by Gasteiger charge is -2.20. The van der Waals surface area contributed by atoms with Gasteiger partial charge in [0, 0.05) is 0 Å². The van der Waals surface area contributed by atoms with Gasteiger partial charge in [0.25, 0.3) is 0 Å². The SMILES string of the molecule is C=C/C=C\C(=C/C)CCC(=C)c1ccc(/C(=C/CC)CCC)nc1C(C)CCc1cccc(C)c1. The second kappa shape index (κ2) is 15.1. The molecule has 0 aliphatic heterocycles. The molecule has 0 amide bonds. The minimum Gasteiger partial charge on any atom is -0.252 e. The molecule has 0 saturated carbocycles. The zero-order valence-electron chi connectivity index (χ0n) is 22.7. The van der Waals surface area contributed by atoms with Gasteiger partial charge in [0.15, 0.2) is 0 Å². The van der Waals surface area contributed by atoms with Crippen molar-refractivity contribution in [2.24, 2.45) is 0 Å². The van der Waals surface area contributed by atoms with Gasteiger partial charge in [0.05, 0.1) is 11.4 Å². The molecular weight excluding hydrogens is 422 g/mol. The summed E-state index contributed by atoms with van der Waals surface area (Å²) in [4.78, 5) is 5.29. The van der Waals surface area contributed by atoms with Gasteiger partial charge in [-0.2, -0.15) is 0 Å². The molecule has 2 rings (SSSR count). The topological polar surface area (TPSA) is 12.9 Å². The van der Waals surface area contributed by atoms with Gasteiger partial charge >= 0.3 is 0 Å². The van der Waals surface area contributed by atoms with Gasteiger partial charge in [-0.1, -0.05) is 112 Å². The molecule has 0 bridgehead atoms. The van der Waals surface area contributed by atoms with E-state index in [0.29, 0.717) is 5.92 Å². The lowest BCUT2D eigenvalue weighted by atomic mass is 9.89.